The van der Waals surface area contributed by atoms with Crippen LogP contribution in [0.15, 0.2) is 97.1 Å². The Kier molecular flexibility index (Phi) is 7.20. The van der Waals surface area contributed by atoms with Crippen LogP contribution < -0.4 is 14.2 Å². The second-order valence-corrected chi connectivity index (χ2v) is 7.30. The van der Waals surface area contributed by atoms with Crippen LogP contribution in [0.25, 0.3) is 11.1 Å². The first-order valence-corrected chi connectivity index (χ1v) is 10.0. The van der Waals surface area contributed by atoms with Crippen LogP contribution in [0.4, 0.5) is 0 Å². The maximum atomic E-state index is 12.4. The number of hydrogen-bond donors (Lipinski definition) is 0. The number of ether oxygens (including phenoxy) is 3. The molecule has 0 bridgehead atoms. The molecule has 0 amide bonds. The van der Waals surface area contributed by atoms with Crippen LogP contribution in [-0.4, -0.2) is 17.9 Å². The third kappa shape index (κ3) is 6.27. The zero-order valence-electron chi connectivity index (χ0n) is 18.3. The lowest BCUT2D eigenvalue weighted by atomic mass is 10.0. The van der Waals surface area contributed by atoms with Crippen molar-refractivity contribution in [2.24, 2.45) is 0 Å². The van der Waals surface area contributed by atoms with Gasteiger partial charge in [-0.2, -0.15) is 0 Å². The van der Waals surface area contributed by atoms with Crippen molar-refractivity contribution in [3.8, 4) is 28.4 Å². The van der Waals surface area contributed by atoms with E-state index in [1.165, 1.54) is 24.3 Å². The first kappa shape index (κ1) is 23.2. The molecule has 166 valence electrons. The molecular weight excluding hydrogens is 420 g/mol. The highest BCUT2D eigenvalue weighted by Crippen LogP contribution is 2.24. The molecule has 0 spiro atoms. The molecule has 0 atom stereocenters. The molecule has 0 saturated carbocycles. The van der Waals surface area contributed by atoms with E-state index >= 15 is 0 Å². The molecule has 0 aromatic heterocycles. The van der Waals surface area contributed by atoms with E-state index in [1.807, 2.05) is 12.1 Å². The average molecular weight is 442 g/mol. The molecule has 0 saturated heterocycles. The van der Waals surface area contributed by atoms with Gasteiger partial charge in [-0.25, -0.2) is 14.4 Å². The van der Waals surface area contributed by atoms with Crippen LogP contribution in [0.3, 0.4) is 0 Å². The standard InChI is InChI=1S/C27H22O6/c1-17(2)25(28)31-22-11-9-20(10-12-22)19-5-7-21(8-6-19)27(30)33-24-15-13-23(14-16-24)32-26(29)18(3)4/h5-16H,1,3H2,2,4H3. The fourth-order valence-corrected chi connectivity index (χ4v) is 2.64. The number of carbonyl (C=O) groups excluding carboxylic acids is 3. The van der Waals surface area contributed by atoms with Crippen molar-refractivity contribution < 1.29 is 28.6 Å². The highest BCUT2D eigenvalue weighted by molar-refractivity contribution is 5.92. The zero-order chi connectivity index (χ0) is 24.0. The Labute approximate surface area is 191 Å². The molecule has 3 rings (SSSR count). The molecule has 0 heterocycles. The molecule has 0 N–H and O–H groups in total. The van der Waals surface area contributed by atoms with E-state index in [-0.39, 0.29) is 5.57 Å². The third-order valence-corrected chi connectivity index (χ3v) is 4.46. The van der Waals surface area contributed by atoms with E-state index in [0.717, 1.165) is 11.1 Å². The molecule has 0 aliphatic heterocycles. The number of rotatable bonds is 7. The second kappa shape index (κ2) is 10.2. The summed E-state index contributed by atoms with van der Waals surface area (Å²) in [5.74, 6) is -0.454. The quantitative estimate of drug-likeness (QED) is 0.272. The predicted octanol–water partition coefficient (Wildman–Crippen LogP) is 5.54. The molecule has 33 heavy (non-hydrogen) atoms. The maximum Gasteiger partial charge on any atom is 0.343 e. The maximum absolute atomic E-state index is 12.4. The van der Waals surface area contributed by atoms with Crippen LogP contribution in [0.5, 0.6) is 17.2 Å². The van der Waals surface area contributed by atoms with Gasteiger partial charge in [0.1, 0.15) is 17.2 Å². The van der Waals surface area contributed by atoms with Crippen LogP contribution >= 0.6 is 0 Å². The van der Waals surface area contributed by atoms with Crippen molar-refractivity contribution >= 4 is 17.9 Å². The molecule has 0 fully saturated rings. The number of esters is 3. The molecule has 3 aromatic rings. The van der Waals surface area contributed by atoms with Crippen molar-refractivity contribution in [2.45, 2.75) is 13.8 Å². The summed E-state index contributed by atoms with van der Waals surface area (Å²) in [5.41, 5.74) is 2.77. The Bertz CT molecular complexity index is 1200. The van der Waals surface area contributed by atoms with Crippen molar-refractivity contribution in [2.75, 3.05) is 0 Å². The lowest BCUT2D eigenvalue weighted by Gasteiger charge is -2.08. The first-order valence-electron chi connectivity index (χ1n) is 10.0. The summed E-state index contributed by atoms with van der Waals surface area (Å²) < 4.78 is 15.7. The number of hydrogen-bond acceptors (Lipinski definition) is 6. The molecule has 0 radical (unpaired) electrons. The topological polar surface area (TPSA) is 78.9 Å². The highest BCUT2D eigenvalue weighted by Gasteiger charge is 2.11. The summed E-state index contributed by atoms with van der Waals surface area (Å²) in [6.07, 6.45) is 0. The van der Waals surface area contributed by atoms with Gasteiger partial charge in [0.05, 0.1) is 5.56 Å². The van der Waals surface area contributed by atoms with Gasteiger partial charge >= 0.3 is 17.9 Å². The van der Waals surface area contributed by atoms with Gasteiger partial charge in [-0.15, -0.1) is 0 Å². The highest BCUT2D eigenvalue weighted by atomic mass is 16.5. The fraction of sp³-hybridized carbons (Fsp3) is 0.0741. The lowest BCUT2D eigenvalue weighted by molar-refractivity contribution is -0.130. The van der Waals surface area contributed by atoms with Crippen LogP contribution in [0, 0.1) is 0 Å². The van der Waals surface area contributed by atoms with Crippen LogP contribution in [-0.2, 0) is 9.59 Å². The van der Waals surface area contributed by atoms with E-state index in [0.29, 0.717) is 28.4 Å². The van der Waals surface area contributed by atoms with Gasteiger partial charge in [-0.1, -0.05) is 37.4 Å². The third-order valence-electron chi connectivity index (χ3n) is 4.46. The smallest absolute Gasteiger partial charge is 0.343 e. The normalized spacial score (nSPS) is 10.1. The Balaban J connectivity index is 1.62. The predicted molar refractivity (Wildman–Crippen MR) is 124 cm³/mol. The van der Waals surface area contributed by atoms with Gasteiger partial charge in [0.25, 0.3) is 0 Å². The Morgan fingerprint density at radius 1 is 0.545 bits per heavy atom. The Hall–Kier alpha value is -4.45. The average Bonchev–Trinajstić information content (AvgIpc) is 2.80. The summed E-state index contributed by atoms with van der Waals surface area (Å²) in [6.45, 7) is 10.2. The molecule has 0 aliphatic carbocycles. The summed E-state index contributed by atoms with van der Waals surface area (Å²) in [6, 6.07) is 20.1. The van der Waals surface area contributed by atoms with Crippen LogP contribution in [0.1, 0.15) is 24.2 Å². The van der Waals surface area contributed by atoms with Gasteiger partial charge in [0.15, 0.2) is 0 Å². The summed E-state index contributed by atoms with van der Waals surface area (Å²) >= 11 is 0. The fourth-order valence-electron chi connectivity index (χ4n) is 2.64. The number of benzene rings is 3. The number of carbonyl (C=O) groups is 3. The van der Waals surface area contributed by atoms with Crippen molar-refractivity contribution in [1.29, 1.82) is 0 Å². The van der Waals surface area contributed by atoms with Crippen molar-refractivity contribution in [1.82, 2.24) is 0 Å². The first-order chi connectivity index (χ1) is 15.7. The summed E-state index contributed by atoms with van der Waals surface area (Å²) in [5, 5.41) is 0. The minimum Gasteiger partial charge on any atom is -0.423 e. The molecule has 6 nitrogen and oxygen atoms in total. The Morgan fingerprint density at radius 3 is 1.27 bits per heavy atom. The second-order valence-electron chi connectivity index (χ2n) is 7.30. The van der Waals surface area contributed by atoms with Gasteiger partial charge in [-0.3, -0.25) is 0 Å². The van der Waals surface area contributed by atoms with Crippen molar-refractivity contribution in [3.63, 3.8) is 0 Å². The minimum atomic E-state index is -0.526. The largest absolute Gasteiger partial charge is 0.423 e. The van der Waals surface area contributed by atoms with Gasteiger partial charge in [0, 0.05) is 11.1 Å². The summed E-state index contributed by atoms with van der Waals surface area (Å²) in [7, 11) is 0. The van der Waals surface area contributed by atoms with E-state index in [9.17, 15) is 14.4 Å². The molecule has 0 unspecified atom stereocenters. The van der Waals surface area contributed by atoms with Crippen LogP contribution in [0.2, 0.25) is 0 Å². The molecule has 6 heteroatoms. The van der Waals surface area contributed by atoms with Gasteiger partial charge in [0.2, 0.25) is 0 Å². The van der Waals surface area contributed by atoms with E-state index in [4.69, 9.17) is 14.2 Å². The van der Waals surface area contributed by atoms with Gasteiger partial charge < -0.3 is 14.2 Å². The molecule has 0 aliphatic rings. The molecular formula is C27H22O6. The van der Waals surface area contributed by atoms with E-state index in [1.54, 1.807) is 50.2 Å². The minimum absolute atomic E-state index is 0.288. The zero-order valence-corrected chi connectivity index (χ0v) is 18.3. The van der Waals surface area contributed by atoms with Crippen molar-refractivity contribution in [3.05, 3.63) is 103 Å². The van der Waals surface area contributed by atoms with E-state index < -0.39 is 17.9 Å². The monoisotopic (exact) mass is 442 g/mol. The van der Waals surface area contributed by atoms with E-state index in [2.05, 4.69) is 13.2 Å². The van der Waals surface area contributed by atoms with Gasteiger partial charge in [-0.05, 0) is 73.5 Å². The summed E-state index contributed by atoms with van der Waals surface area (Å²) in [4.78, 5) is 35.6. The Morgan fingerprint density at radius 2 is 0.879 bits per heavy atom. The SMILES string of the molecule is C=C(C)C(=O)Oc1ccc(OC(=O)c2ccc(-c3ccc(OC(=O)C(=C)C)cc3)cc2)cc1. The lowest BCUT2D eigenvalue weighted by Crippen LogP contribution is -2.09. The molecule has 3 aromatic carbocycles.